The highest BCUT2D eigenvalue weighted by Gasteiger charge is 2.34. The van der Waals surface area contributed by atoms with Crippen molar-refractivity contribution in [1.29, 1.82) is 0 Å². The van der Waals surface area contributed by atoms with Crippen molar-refractivity contribution in [2.45, 2.75) is 13.3 Å². The Kier molecular flexibility index (Phi) is 6.54. The number of carbonyl (C=O) groups excluding carboxylic acids is 2. The van der Waals surface area contributed by atoms with Crippen LogP contribution in [0.4, 0.5) is 23.1 Å². The molecule has 2 aromatic heterocycles. The zero-order chi connectivity index (χ0) is 22.3. The summed E-state index contributed by atoms with van der Waals surface area (Å²) >= 11 is 0. The molecule has 9 nitrogen and oxygen atoms in total. The number of anilines is 4. The summed E-state index contributed by atoms with van der Waals surface area (Å²) in [5.41, 5.74) is 1.96. The molecule has 1 unspecified atom stereocenters. The fraction of sp³-hybridized carbons (Fsp3) is 0.261. The number of hydrogen-bond acceptors (Lipinski definition) is 7. The number of hydrogen-bond donors (Lipinski definition) is 3. The number of aromatic nitrogens is 3. The Morgan fingerprint density at radius 3 is 2.62 bits per heavy atom. The van der Waals surface area contributed by atoms with E-state index in [2.05, 4.69) is 30.9 Å². The second kappa shape index (κ2) is 9.86. The van der Waals surface area contributed by atoms with Gasteiger partial charge < -0.3 is 20.9 Å². The highest BCUT2D eigenvalue weighted by molar-refractivity contribution is 6.00. The molecule has 3 aromatic rings. The predicted octanol–water partition coefficient (Wildman–Crippen LogP) is 2.50. The number of nitrogens with one attached hydrogen (secondary N) is 3. The Morgan fingerprint density at radius 1 is 1.03 bits per heavy atom. The summed E-state index contributed by atoms with van der Waals surface area (Å²) < 4.78 is 0. The summed E-state index contributed by atoms with van der Waals surface area (Å²) in [4.78, 5) is 39.1. The van der Waals surface area contributed by atoms with Gasteiger partial charge in [-0.2, -0.15) is 0 Å². The van der Waals surface area contributed by atoms with Gasteiger partial charge in [0.2, 0.25) is 11.8 Å². The van der Waals surface area contributed by atoms with E-state index in [0.717, 1.165) is 11.3 Å². The second-order valence-corrected chi connectivity index (χ2v) is 7.59. The lowest BCUT2D eigenvalue weighted by Gasteiger charge is -2.17. The monoisotopic (exact) mass is 431 g/mol. The van der Waals surface area contributed by atoms with E-state index in [0.29, 0.717) is 37.1 Å². The minimum atomic E-state index is -0.350. The average Bonchev–Trinajstić information content (AvgIpc) is 3.20. The second-order valence-electron chi connectivity index (χ2n) is 7.59. The lowest BCUT2D eigenvalue weighted by molar-refractivity contribution is -0.126. The van der Waals surface area contributed by atoms with Crippen LogP contribution in [0.2, 0.25) is 0 Å². The molecule has 0 saturated carbocycles. The molecule has 0 bridgehead atoms. The maximum atomic E-state index is 12.5. The Balaban J connectivity index is 1.23. The first-order chi connectivity index (χ1) is 15.6. The molecule has 1 fully saturated rings. The van der Waals surface area contributed by atoms with Crippen molar-refractivity contribution < 1.29 is 9.59 Å². The molecule has 1 atom stereocenters. The van der Waals surface area contributed by atoms with Gasteiger partial charge in [0.15, 0.2) is 0 Å². The van der Waals surface area contributed by atoms with Crippen LogP contribution in [0.3, 0.4) is 0 Å². The van der Waals surface area contributed by atoms with Crippen LogP contribution < -0.4 is 20.9 Å². The topological polar surface area (TPSA) is 112 Å². The normalized spacial score (nSPS) is 15.5. The van der Waals surface area contributed by atoms with Gasteiger partial charge in [-0.25, -0.2) is 15.0 Å². The molecule has 1 aromatic carbocycles. The molecule has 0 aliphatic carbocycles. The average molecular weight is 432 g/mol. The van der Waals surface area contributed by atoms with Crippen molar-refractivity contribution in [3.8, 4) is 0 Å². The van der Waals surface area contributed by atoms with Crippen LogP contribution in [0.25, 0.3) is 0 Å². The lowest BCUT2D eigenvalue weighted by Crippen LogP contribution is -2.35. The molecule has 4 rings (SSSR count). The molecule has 32 heavy (non-hydrogen) atoms. The van der Waals surface area contributed by atoms with E-state index in [4.69, 9.17) is 0 Å². The predicted molar refractivity (Wildman–Crippen MR) is 123 cm³/mol. The summed E-state index contributed by atoms with van der Waals surface area (Å²) in [6, 6.07) is 15.1. The van der Waals surface area contributed by atoms with Crippen molar-refractivity contribution >= 4 is 35.0 Å². The first-order valence-corrected chi connectivity index (χ1v) is 10.5. The van der Waals surface area contributed by atoms with Crippen LogP contribution in [0, 0.1) is 12.8 Å². The maximum absolute atomic E-state index is 12.5. The molecule has 9 heteroatoms. The number of pyridine rings is 1. The number of nitrogens with zero attached hydrogens (tertiary/aromatic N) is 4. The largest absolute Gasteiger partial charge is 0.368 e. The molecule has 164 valence electrons. The first kappa shape index (κ1) is 21.2. The van der Waals surface area contributed by atoms with Gasteiger partial charge in [0.05, 0.1) is 5.92 Å². The smallest absolute Gasteiger partial charge is 0.227 e. The molecular weight excluding hydrogens is 406 g/mol. The van der Waals surface area contributed by atoms with Crippen molar-refractivity contribution in [1.82, 2.24) is 20.3 Å². The molecular formula is C23H25N7O2. The maximum Gasteiger partial charge on any atom is 0.227 e. The summed E-state index contributed by atoms with van der Waals surface area (Å²) in [6.45, 7) is 3.31. The minimum absolute atomic E-state index is 0.0268. The summed E-state index contributed by atoms with van der Waals surface area (Å²) in [7, 11) is 0. The van der Waals surface area contributed by atoms with Gasteiger partial charge >= 0.3 is 0 Å². The summed E-state index contributed by atoms with van der Waals surface area (Å²) in [5, 5.41) is 9.17. The van der Waals surface area contributed by atoms with Crippen LogP contribution in [0.15, 0.2) is 61.1 Å². The molecule has 2 amide bonds. The van der Waals surface area contributed by atoms with Crippen molar-refractivity contribution in [2.75, 3.05) is 35.2 Å². The summed E-state index contributed by atoms with van der Waals surface area (Å²) in [5.74, 6) is 1.45. The molecule has 3 N–H and O–H groups in total. The van der Waals surface area contributed by atoms with E-state index in [1.54, 1.807) is 17.2 Å². The van der Waals surface area contributed by atoms with Gasteiger partial charge in [-0.05, 0) is 31.2 Å². The van der Waals surface area contributed by atoms with E-state index in [-0.39, 0.29) is 24.2 Å². The van der Waals surface area contributed by atoms with E-state index in [1.807, 2.05) is 49.4 Å². The van der Waals surface area contributed by atoms with E-state index in [9.17, 15) is 9.59 Å². The van der Waals surface area contributed by atoms with Gasteiger partial charge in [0.25, 0.3) is 0 Å². The van der Waals surface area contributed by atoms with Crippen LogP contribution in [0.5, 0.6) is 0 Å². The SMILES string of the molecule is Cc1ccc(N2CC(C(=O)NCCNc3cc(Nc4ccccn4)ncn3)CC2=O)cc1. The van der Waals surface area contributed by atoms with Crippen LogP contribution >= 0.6 is 0 Å². The fourth-order valence-electron chi connectivity index (χ4n) is 3.47. The quantitative estimate of drug-likeness (QED) is 0.470. The number of carbonyl (C=O) groups is 2. The number of rotatable bonds is 8. The van der Waals surface area contributed by atoms with E-state index in [1.165, 1.54) is 6.33 Å². The number of aryl methyl sites for hydroxylation is 1. The third-order valence-corrected chi connectivity index (χ3v) is 5.16. The Hall–Kier alpha value is -4.01. The third-order valence-electron chi connectivity index (χ3n) is 5.16. The highest BCUT2D eigenvalue weighted by Crippen LogP contribution is 2.25. The first-order valence-electron chi connectivity index (χ1n) is 10.5. The minimum Gasteiger partial charge on any atom is -0.368 e. The van der Waals surface area contributed by atoms with Gasteiger partial charge in [-0.1, -0.05) is 23.8 Å². The fourth-order valence-corrected chi connectivity index (χ4v) is 3.47. The van der Waals surface area contributed by atoms with Gasteiger partial charge in [0.1, 0.15) is 23.8 Å². The standard InChI is InChI=1S/C23H25N7O2/c1-16-5-7-18(8-6-16)30-14-17(12-22(30)31)23(32)26-11-10-25-20-13-21(28-15-27-20)29-19-4-2-3-9-24-19/h2-9,13,15,17H,10-12,14H2,1H3,(H,26,32)(H2,24,25,27,28,29). The van der Waals surface area contributed by atoms with Crippen molar-refractivity contribution in [3.05, 3.63) is 66.6 Å². The Bertz CT molecular complexity index is 1070. The molecule has 1 saturated heterocycles. The molecule has 1 aliphatic rings. The lowest BCUT2D eigenvalue weighted by atomic mass is 10.1. The highest BCUT2D eigenvalue weighted by atomic mass is 16.2. The Morgan fingerprint density at radius 2 is 1.84 bits per heavy atom. The van der Waals surface area contributed by atoms with Crippen molar-refractivity contribution in [3.63, 3.8) is 0 Å². The van der Waals surface area contributed by atoms with Gasteiger partial charge in [-0.15, -0.1) is 0 Å². The Labute approximate surface area is 186 Å². The third kappa shape index (κ3) is 5.37. The molecule has 0 spiro atoms. The molecule has 3 heterocycles. The van der Waals surface area contributed by atoms with Gasteiger partial charge in [-0.3, -0.25) is 9.59 Å². The summed E-state index contributed by atoms with van der Waals surface area (Å²) in [6.07, 6.45) is 3.38. The van der Waals surface area contributed by atoms with Crippen LogP contribution in [-0.2, 0) is 9.59 Å². The van der Waals surface area contributed by atoms with Crippen molar-refractivity contribution in [2.24, 2.45) is 5.92 Å². The van der Waals surface area contributed by atoms with E-state index >= 15 is 0 Å². The number of benzene rings is 1. The zero-order valence-corrected chi connectivity index (χ0v) is 17.8. The van der Waals surface area contributed by atoms with Crippen LogP contribution in [0.1, 0.15) is 12.0 Å². The van der Waals surface area contributed by atoms with Crippen LogP contribution in [-0.4, -0.2) is 46.4 Å². The van der Waals surface area contributed by atoms with Gasteiger partial charge in [0, 0.05) is 44.0 Å². The molecule has 1 aliphatic heterocycles. The van der Waals surface area contributed by atoms with E-state index < -0.39 is 0 Å². The number of amides is 2. The zero-order valence-electron chi connectivity index (χ0n) is 17.8. The molecule has 0 radical (unpaired) electrons.